The molecule has 2 heterocycles. The summed E-state index contributed by atoms with van der Waals surface area (Å²) in [5.41, 5.74) is 1.12. The monoisotopic (exact) mass is 442 g/mol. The predicted octanol–water partition coefficient (Wildman–Crippen LogP) is 4.05. The number of fused-ring (bicyclic) bond motifs is 1. The highest BCUT2D eigenvalue weighted by molar-refractivity contribution is 5.87. The van der Waals surface area contributed by atoms with Gasteiger partial charge in [0.2, 0.25) is 0 Å². The number of ether oxygens (including phenoxy) is 4. The summed E-state index contributed by atoms with van der Waals surface area (Å²) in [6, 6.07) is 6.91. The molecule has 1 amide bonds. The Kier molecular flexibility index (Phi) is 5.88. The van der Waals surface area contributed by atoms with Crippen molar-refractivity contribution in [3.05, 3.63) is 30.0 Å². The van der Waals surface area contributed by atoms with Crippen LogP contribution in [0.1, 0.15) is 51.6 Å². The van der Waals surface area contributed by atoms with Crippen LogP contribution in [0, 0.1) is 0 Å². The number of hydrogen-bond donors (Lipinski definition) is 0. The lowest BCUT2D eigenvalue weighted by Gasteiger charge is -2.27. The second kappa shape index (κ2) is 8.48. The van der Waals surface area contributed by atoms with Crippen molar-refractivity contribution < 1.29 is 28.5 Å². The van der Waals surface area contributed by atoms with Gasteiger partial charge in [-0.2, -0.15) is 0 Å². The predicted molar refractivity (Wildman–Crippen MR) is 118 cm³/mol. The second-order valence-corrected chi connectivity index (χ2v) is 9.35. The molecule has 0 bridgehead atoms. The van der Waals surface area contributed by atoms with Crippen LogP contribution in [0.3, 0.4) is 0 Å². The molecule has 32 heavy (non-hydrogen) atoms. The third-order valence-electron chi connectivity index (χ3n) is 5.65. The van der Waals surface area contributed by atoms with Crippen LogP contribution < -0.4 is 9.47 Å². The third kappa shape index (κ3) is 4.74. The first-order chi connectivity index (χ1) is 15.2. The Morgan fingerprint density at radius 1 is 1.12 bits per heavy atom. The fourth-order valence-corrected chi connectivity index (χ4v) is 3.95. The van der Waals surface area contributed by atoms with E-state index in [4.69, 9.17) is 23.9 Å². The summed E-state index contributed by atoms with van der Waals surface area (Å²) in [5.74, 6) is 1.38. The van der Waals surface area contributed by atoms with Crippen LogP contribution >= 0.6 is 0 Å². The summed E-state index contributed by atoms with van der Waals surface area (Å²) in [7, 11) is 2.94. The normalized spacial score (nSPS) is 20.8. The van der Waals surface area contributed by atoms with E-state index in [-0.39, 0.29) is 12.6 Å². The number of methoxy groups -OCH3 is 2. The number of pyridine rings is 1. The Morgan fingerprint density at radius 2 is 1.88 bits per heavy atom. The fourth-order valence-electron chi connectivity index (χ4n) is 3.95. The lowest BCUT2D eigenvalue weighted by atomic mass is 10.1. The minimum Gasteiger partial charge on any atom is -0.497 e. The molecule has 172 valence electrons. The average Bonchev–Trinajstić information content (AvgIpc) is 3.51. The van der Waals surface area contributed by atoms with E-state index in [1.807, 2.05) is 24.3 Å². The zero-order valence-corrected chi connectivity index (χ0v) is 19.2. The molecule has 2 unspecified atom stereocenters. The Hall–Kier alpha value is -3.03. The van der Waals surface area contributed by atoms with E-state index in [1.54, 1.807) is 27.9 Å². The summed E-state index contributed by atoms with van der Waals surface area (Å²) < 4.78 is 22.2. The molecule has 2 fully saturated rings. The number of carbonyl (C=O) groups is 2. The molecule has 0 spiro atoms. The molecule has 8 heteroatoms. The summed E-state index contributed by atoms with van der Waals surface area (Å²) in [6.45, 7) is 5.60. The van der Waals surface area contributed by atoms with Gasteiger partial charge in [-0.05, 0) is 45.7 Å². The number of hydrogen-bond acceptors (Lipinski definition) is 7. The smallest absolute Gasteiger partial charge is 0.411 e. The van der Waals surface area contributed by atoms with Crippen LogP contribution in [-0.4, -0.2) is 60.5 Å². The first kappa shape index (κ1) is 22.2. The number of esters is 1. The fraction of sp³-hybridized carbons (Fsp3) is 0.542. The molecule has 1 aromatic heterocycles. The maximum Gasteiger partial charge on any atom is 0.411 e. The number of aromatic nitrogens is 1. The highest BCUT2D eigenvalue weighted by Gasteiger charge is 2.43. The Balaban J connectivity index is 1.61. The third-order valence-corrected chi connectivity index (χ3v) is 5.65. The molecule has 4 rings (SSSR count). The van der Waals surface area contributed by atoms with E-state index in [0.29, 0.717) is 18.1 Å². The van der Waals surface area contributed by atoms with E-state index in [9.17, 15) is 9.59 Å². The van der Waals surface area contributed by atoms with Crippen LogP contribution in [0.4, 0.5) is 4.79 Å². The van der Waals surface area contributed by atoms with E-state index >= 15 is 0 Å². The van der Waals surface area contributed by atoms with Crippen LogP contribution in [-0.2, 0) is 14.3 Å². The van der Waals surface area contributed by atoms with Crippen molar-refractivity contribution in [2.24, 2.45) is 0 Å². The molecule has 1 aliphatic carbocycles. The van der Waals surface area contributed by atoms with Crippen LogP contribution in [0.2, 0.25) is 0 Å². The van der Waals surface area contributed by atoms with Gasteiger partial charge in [0, 0.05) is 35.6 Å². The number of nitrogens with zero attached hydrogens (tertiary/aromatic N) is 2. The molecule has 0 N–H and O–H groups in total. The molecule has 2 aromatic rings. The lowest BCUT2D eigenvalue weighted by molar-refractivity contribution is -0.145. The number of rotatable bonds is 5. The van der Waals surface area contributed by atoms with Gasteiger partial charge in [-0.25, -0.2) is 9.59 Å². The van der Waals surface area contributed by atoms with Gasteiger partial charge in [0.15, 0.2) is 0 Å². The Bertz CT molecular complexity index is 1030. The first-order valence-electron chi connectivity index (χ1n) is 10.9. The molecule has 1 aromatic carbocycles. The number of carbonyl (C=O) groups excluding carboxylic acids is 2. The molecule has 1 aliphatic heterocycles. The average molecular weight is 443 g/mol. The second-order valence-electron chi connectivity index (χ2n) is 9.35. The van der Waals surface area contributed by atoms with Gasteiger partial charge in [0.1, 0.15) is 29.2 Å². The van der Waals surface area contributed by atoms with Crippen molar-refractivity contribution in [1.82, 2.24) is 9.88 Å². The van der Waals surface area contributed by atoms with Crippen molar-refractivity contribution in [2.45, 2.75) is 63.7 Å². The number of benzene rings is 1. The molecule has 2 atom stereocenters. The summed E-state index contributed by atoms with van der Waals surface area (Å²) in [6.07, 6.45) is 1.61. The molecule has 1 saturated carbocycles. The first-order valence-corrected chi connectivity index (χ1v) is 10.9. The maximum atomic E-state index is 12.7. The minimum atomic E-state index is -0.754. The van der Waals surface area contributed by atoms with E-state index in [2.05, 4.69) is 0 Å². The van der Waals surface area contributed by atoms with Crippen molar-refractivity contribution >= 4 is 23.0 Å². The van der Waals surface area contributed by atoms with Crippen LogP contribution in [0.15, 0.2) is 24.3 Å². The molecule has 8 nitrogen and oxygen atoms in total. The van der Waals surface area contributed by atoms with E-state index in [1.165, 1.54) is 12.0 Å². The molecular formula is C24H30N2O6. The van der Waals surface area contributed by atoms with Gasteiger partial charge < -0.3 is 18.9 Å². The van der Waals surface area contributed by atoms with Crippen LogP contribution in [0.25, 0.3) is 10.9 Å². The standard InChI is InChI=1S/C24H30N2O6/c1-24(2,3)32-23(28)26-13-16(11-20(26)22(27)30-5)31-21-12-18(14-6-7-14)25-19-10-15(29-4)8-9-17(19)21/h8-10,12,14,16,20H,6-7,11,13H2,1-5H3. The highest BCUT2D eigenvalue weighted by Crippen LogP contribution is 2.42. The van der Waals surface area contributed by atoms with Gasteiger partial charge in [-0.3, -0.25) is 9.88 Å². The topological polar surface area (TPSA) is 87.2 Å². The lowest BCUT2D eigenvalue weighted by Crippen LogP contribution is -2.44. The highest BCUT2D eigenvalue weighted by atomic mass is 16.6. The number of amides is 1. The Labute approximate surface area is 187 Å². The Morgan fingerprint density at radius 3 is 2.50 bits per heavy atom. The van der Waals surface area contributed by atoms with Gasteiger partial charge >= 0.3 is 12.1 Å². The molecular weight excluding hydrogens is 412 g/mol. The van der Waals surface area contributed by atoms with Gasteiger partial charge in [-0.1, -0.05) is 0 Å². The largest absolute Gasteiger partial charge is 0.497 e. The van der Waals surface area contributed by atoms with E-state index < -0.39 is 23.7 Å². The van der Waals surface area contributed by atoms with E-state index in [0.717, 1.165) is 35.2 Å². The zero-order chi connectivity index (χ0) is 23.0. The molecule has 2 aliphatic rings. The number of likely N-dealkylation sites (tertiary alicyclic amines) is 1. The van der Waals surface area contributed by atoms with Gasteiger partial charge in [-0.15, -0.1) is 0 Å². The zero-order valence-electron chi connectivity index (χ0n) is 19.2. The molecule has 0 radical (unpaired) electrons. The van der Waals surface area contributed by atoms with Crippen molar-refractivity contribution in [3.8, 4) is 11.5 Å². The molecule has 1 saturated heterocycles. The summed E-state index contributed by atoms with van der Waals surface area (Å²) in [5, 5.41) is 0.862. The minimum absolute atomic E-state index is 0.230. The van der Waals surface area contributed by atoms with Gasteiger partial charge in [0.25, 0.3) is 0 Å². The quantitative estimate of drug-likeness (QED) is 0.646. The summed E-state index contributed by atoms with van der Waals surface area (Å²) >= 11 is 0. The van der Waals surface area contributed by atoms with Crippen molar-refractivity contribution in [3.63, 3.8) is 0 Å². The van der Waals surface area contributed by atoms with Crippen molar-refractivity contribution in [2.75, 3.05) is 20.8 Å². The van der Waals surface area contributed by atoms with Gasteiger partial charge in [0.05, 0.1) is 26.3 Å². The SMILES string of the molecule is COC(=O)C1CC(Oc2cc(C3CC3)nc3cc(OC)ccc23)CN1C(=O)OC(C)(C)C. The van der Waals surface area contributed by atoms with Crippen LogP contribution in [0.5, 0.6) is 11.5 Å². The van der Waals surface area contributed by atoms with Crippen molar-refractivity contribution in [1.29, 1.82) is 0 Å². The maximum absolute atomic E-state index is 12.7. The summed E-state index contributed by atoms with van der Waals surface area (Å²) in [4.78, 5) is 31.3.